The third-order valence-electron chi connectivity index (χ3n) is 3.73. The molecule has 0 saturated carbocycles. The highest BCUT2D eigenvalue weighted by atomic mass is 32.2. The molecule has 0 spiro atoms. The molecule has 2 aromatic rings. The zero-order valence-corrected chi connectivity index (χ0v) is 14.2. The fraction of sp³-hybridized carbons (Fsp3) is 0.176. The highest BCUT2D eigenvalue weighted by molar-refractivity contribution is 7.92. The lowest BCUT2D eigenvalue weighted by atomic mass is 10.2. The summed E-state index contributed by atoms with van der Waals surface area (Å²) in [4.78, 5) is 13.2. The van der Waals surface area contributed by atoms with Crippen molar-refractivity contribution in [2.75, 3.05) is 22.8 Å². The molecule has 3 rings (SSSR count). The Bertz CT molecular complexity index is 980. The van der Waals surface area contributed by atoms with Crippen molar-refractivity contribution in [1.29, 1.82) is 5.26 Å². The Morgan fingerprint density at radius 1 is 1.28 bits per heavy atom. The summed E-state index contributed by atoms with van der Waals surface area (Å²) >= 11 is 0. The van der Waals surface area contributed by atoms with Crippen LogP contribution in [0.25, 0.3) is 0 Å². The van der Waals surface area contributed by atoms with E-state index >= 15 is 0 Å². The summed E-state index contributed by atoms with van der Waals surface area (Å²) in [6, 6.07) is 12.5. The zero-order valence-electron chi connectivity index (χ0n) is 13.4. The number of rotatable bonds is 3. The van der Waals surface area contributed by atoms with E-state index in [0.29, 0.717) is 30.2 Å². The second-order valence-corrected chi connectivity index (χ2v) is 7.13. The second kappa shape index (κ2) is 6.45. The SMILES string of the molecule is CC(=O)N1CCOc2ccc(S(=O)(=O)Nc3cccc(C#N)c3)cc21. The van der Waals surface area contributed by atoms with Crippen LogP contribution in [0.15, 0.2) is 47.4 Å². The number of hydrogen-bond acceptors (Lipinski definition) is 5. The topological polar surface area (TPSA) is 99.5 Å². The molecule has 1 N–H and O–H groups in total. The van der Waals surface area contributed by atoms with Crippen molar-refractivity contribution in [1.82, 2.24) is 0 Å². The Kier molecular flexibility index (Phi) is 4.33. The molecule has 0 aliphatic carbocycles. The van der Waals surface area contributed by atoms with E-state index in [9.17, 15) is 13.2 Å². The van der Waals surface area contributed by atoms with Crippen LogP contribution in [-0.4, -0.2) is 27.5 Å². The second-order valence-electron chi connectivity index (χ2n) is 5.45. The molecule has 7 nitrogen and oxygen atoms in total. The molecular formula is C17H15N3O4S. The number of amides is 1. The van der Waals surface area contributed by atoms with Gasteiger partial charge in [-0.05, 0) is 36.4 Å². The lowest BCUT2D eigenvalue weighted by Crippen LogP contribution is -2.36. The van der Waals surface area contributed by atoms with E-state index in [1.165, 1.54) is 36.1 Å². The van der Waals surface area contributed by atoms with Crippen molar-refractivity contribution >= 4 is 27.3 Å². The standard InChI is InChI=1S/C17H15N3O4S/c1-12(21)20-7-8-24-17-6-5-15(10-16(17)20)25(22,23)19-14-4-2-3-13(9-14)11-18/h2-6,9-10,19H,7-8H2,1H3. The van der Waals surface area contributed by atoms with Crippen LogP contribution in [0, 0.1) is 11.3 Å². The number of carbonyl (C=O) groups is 1. The summed E-state index contributed by atoms with van der Waals surface area (Å²) in [5.41, 5.74) is 1.06. The van der Waals surface area contributed by atoms with Crippen molar-refractivity contribution in [2.24, 2.45) is 0 Å². The van der Waals surface area contributed by atoms with Crippen molar-refractivity contribution in [2.45, 2.75) is 11.8 Å². The number of benzene rings is 2. The molecule has 0 aromatic heterocycles. The molecule has 25 heavy (non-hydrogen) atoms. The minimum absolute atomic E-state index is 0.00496. The minimum atomic E-state index is -3.87. The molecule has 128 valence electrons. The van der Waals surface area contributed by atoms with Crippen LogP contribution in [0.4, 0.5) is 11.4 Å². The van der Waals surface area contributed by atoms with E-state index < -0.39 is 10.0 Å². The summed E-state index contributed by atoms with van der Waals surface area (Å²) in [5, 5.41) is 8.91. The van der Waals surface area contributed by atoms with E-state index in [1.807, 2.05) is 6.07 Å². The van der Waals surface area contributed by atoms with Gasteiger partial charge >= 0.3 is 0 Å². The number of nitrogens with zero attached hydrogens (tertiary/aromatic N) is 2. The van der Waals surface area contributed by atoms with Crippen LogP contribution < -0.4 is 14.4 Å². The van der Waals surface area contributed by atoms with Crippen LogP contribution in [0.2, 0.25) is 0 Å². The molecule has 0 bridgehead atoms. The summed E-state index contributed by atoms with van der Waals surface area (Å²) in [5.74, 6) is 0.278. The predicted molar refractivity (Wildman–Crippen MR) is 91.9 cm³/mol. The molecule has 1 aliphatic heterocycles. The highest BCUT2D eigenvalue weighted by Gasteiger charge is 2.24. The number of ether oxygens (including phenoxy) is 1. The van der Waals surface area contributed by atoms with Crippen LogP contribution in [-0.2, 0) is 14.8 Å². The number of nitrogens with one attached hydrogen (secondary N) is 1. The Morgan fingerprint density at radius 2 is 2.08 bits per heavy atom. The van der Waals surface area contributed by atoms with E-state index in [2.05, 4.69) is 4.72 Å². The maximum absolute atomic E-state index is 12.6. The van der Waals surface area contributed by atoms with Crippen LogP contribution in [0.1, 0.15) is 12.5 Å². The maximum atomic E-state index is 12.6. The van der Waals surface area contributed by atoms with Gasteiger partial charge in [-0.25, -0.2) is 8.42 Å². The van der Waals surface area contributed by atoms with Crippen molar-refractivity contribution in [3.05, 3.63) is 48.0 Å². The molecule has 0 saturated heterocycles. The Labute approximate surface area is 145 Å². The molecule has 0 fully saturated rings. The first-order valence-corrected chi connectivity index (χ1v) is 8.97. The summed E-state index contributed by atoms with van der Waals surface area (Å²) in [6.45, 7) is 2.14. The quantitative estimate of drug-likeness (QED) is 0.907. The van der Waals surface area contributed by atoms with Gasteiger partial charge in [0.1, 0.15) is 12.4 Å². The van der Waals surface area contributed by atoms with Gasteiger partial charge in [-0.1, -0.05) is 6.07 Å². The largest absolute Gasteiger partial charge is 0.490 e. The van der Waals surface area contributed by atoms with Gasteiger partial charge in [-0.15, -0.1) is 0 Å². The van der Waals surface area contributed by atoms with Gasteiger partial charge in [0.05, 0.1) is 34.4 Å². The number of sulfonamides is 1. The third-order valence-corrected chi connectivity index (χ3v) is 5.11. The lowest BCUT2D eigenvalue weighted by Gasteiger charge is -2.29. The van der Waals surface area contributed by atoms with Gasteiger partial charge < -0.3 is 9.64 Å². The number of carbonyl (C=O) groups excluding carboxylic acids is 1. The molecular weight excluding hydrogens is 342 g/mol. The first-order valence-electron chi connectivity index (χ1n) is 7.48. The fourth-order valence-corrected chi connectivity index (χ4v) is 3.63. The van der Waals surface area contributed by atoms with Gasteiger partial charge in [0, 0.05) is 6.92 Å². The molecule has 8 heteroatoms. The molecule has 1 amide bonds. The maximum Gasteiger partial charge on any atom is 0.261 e. The average molecular weight is 357 g/mol. The number of hydrogen-bond donors (Lipinski definition) is 1. The molecule has 2 aromatic carbocycles. The normalized spacial score (nSPS) is 13.4. The zero-order chi connectivity index (χ0) is 18.0. The van der Waals surface area contributed by atoms with Crippen LogP contribution in [0.5, 0.6) is 5.75 Å². The third kappa shape index (κ3) is 3.41. The van der Waals surface area contributed by atoms with E-state index in [1.54, 1.807) is 18.2 Å². The first kappa shape index (κ1) is 16.8. The monoisotopic (exact) mass is 357 g/mol. The van der Waals surface area contributed by atoms with Gasteiger partial charge in [-0.3, -0.25) is 9.52 Å². The van der Waals surface area contributed by atoms with Gasteiger partial charge in [-0.2, -0.15) is 5.26 Å². The number of nitriles is 1. The van der Waals surface area contributed by atoms with Gasteiger partial charge in [0.2, 0.25) is 5.91 Å². The Balaban J connectivity index is 1.96. The molecule has 0 unspecified atom stereocenters. The summed E-state index contributed by atoms with van der Waals surface area (Å²) in [6.07, 6.45) is 0. The van der Waals surface area contributed by atoms with Gasteiger partial charge in [0.15, 0.2) is 0 Å². The molecule has 0 radical (unpaired) electrons. The van der Waals surface area contributed by atoms with Crippen LogP contribution >= 0.6 is 0 Å². The Morgan fingerprint density at radius 3 is 2.80 bits per heavy atom. The lowest BCUT2D eigenvalue weighted by molar-refractivity contribution is -0.116. The van der Waals surface area contributed by atoms with E-state index in [-0.39, 0.29) is 16.5 Å². The molecule has 0 atom stereocenters. The number of anilines is 2. The smallest absolute Gasteiger partial charge is 0.261 e. The van der Waals surface area contributed by atoms with E-state index in [4.69, 9.17) is 10.00 Å². The minimum Gasteiger partial charge on any atom is -0.490 e. The fourth-order valence-electron chi connectivity index (χ4n) is 2.56. The highest BCUT2D eigenvalue weighted by Crippen LogP contribution is 2.34. The van der Waals surface area contributed by atoms with Crippen molar-refractivity contribution in [3.8, 4) is 11.8 Å². The number of fused-ring (bicyclic) bond motifs is 1. The van der Waals surface area contributed by atoms with Crippen LogP contribution in [0.3, 0.4) is 0 Å². The Hall–Kier alpha value is -3.05. The van der Waals surface area contributed by atoms with E-state index in [0.717, 1.165) is 0 Å². The molecule has 1 heterocycles. The first-order chi connectivity index (χ1) is 11.9. The van der Waals surface area contributed by atoms with Gasteiger partial charge in [0.25, 0.3) is 10.0 Å². The summed E-state index contributed by atoms with van der Waals surface area (Å²) in [7, 11) is -3.87. The van der Waals surface area contributed by atoms with Crippen molar-refractivity contribution in [3.63, 3.8) is 0 Å². The molecule has 1 aliphatic rings. The van der Waals surface area contributed by atoms with Crippen molar-refractivity contribution < 1.29 is 17.9 Å². The summed E-state index contributed by atoms with van der Waals surface area (Å²) < 4.78 is 33.2. The average Bonchev–Trinajstić information content (AvgIpc) is 2.60. The predicted octanol–water partition coefficient (Wildman–Crippen LogP) is 2.10.